The van der Waals surface area contributed by atoms with Crippen LogP contribution in [0.4, 0.5) is 0 Å². The van der Waals surface area contributed by atoms with Crippen LogP contribution in [0.1, 0.15) is 0 Å². The van der Waals surface area contributed by atoms with Gasteiger partial charge in [-0.3, -0.25) is 0 Å². The Morgan fingerprint density at radius 3 is 2.31 bits per heavy atom. The first-order valence-electron chi connectivity index (χ1n) is 4.69. The third-order valence-corrected chi connectivity index (χ3v) is 2.64. The highest BCUT2D eigenvalue weighted by atomic mass is 32.2. The Labute approximate surface area is 96.0 Å². The second kappa shape index (κ2) is 4.92. The van der Waals surface area contributed by atoms with Gasteiger partial charge in [-0.15, -0.1) is 0 Å². The molecule has 2 rings (SSSR count). The summed E-state index contributed by atoms with van der Waals surface area (Å²) in [6, 6.07) is 15.8. The van der Waals surface area contributed by atoms with Crippen LogP contribution >= 0.6 is 0 Å². The minimum atomic E-state index is -1.98. The van der Waals surface area contributed by atoms with Gasteiger partial charge in [-0.2, -0.15) is 0 Å². The maximum Gasteiger partial charge on any atom is 0.186 e. The molecule has 0 aliphatic heterocycles. The van der Waals surface area contributed by atoms with Crippen molar-refractivity contribution in [2.45, 2.75) is 4.90 Å². The molecule has 0 bridgehead atoms. The average Bonchev–Trinajstić information content (AvgIpc) is 2.30. The summed E-state index contributed by atoms with van der Waals surface area (Å²) in [4.78, 5) is 0.327. The number of ether oxygens (including phenoxy) is 1. The number of rotatable bonds is 3. The number of hydrogen-bond donors (Lipinski definition) is 1. The van der Waals surface area contributed by atoms with E-state index in [2.05, 4.69) is 0 Å². The summed E-state index contributed by atoms with van der Waals surface area (Å²) in [6.07, 6.45) is 0. The molecule has 4 heteroatoms. The van der Waals surface area contributed by atoms with Gasteiger partial charge in [0, 0.05) is 0 Å². The quantitative estimate of drug-likeness (QED) is 0.830. The summed E-state index contributed by atoms with van der Waals surface area (Å²) in [7, 11) is 0. The van der Waals surface area contributed by atoms with Crippen molar-refractivity contribution >= 4 is 11.1 Å². The number of para-hydroxylation sites is 1. The van der Waals surface area contributed by atoms with Crippen molar-refractivity contribution in [3.05, 3.63) is 54.6 Å². The van der Waals surface area contributed by atoms with Gasteiger partial charge in [0.2, 0.25) is 0 Å². The monoisotopic (exact) mass is 234 g/mol. The predicted octanol–water partition coefficient (Wildman–Crippen LogP) is 3.06. The van der Waals surface area contributed by atoms with E-state index in [4.69, 9.17) is 9.29 Å². The number of benzene rings is 2. The van der Waals surface area contributed by atoms with Crippen LogP contribution in [0.5, 0.6) is 11.5 Å². The van der Waals surface area contributed by atoms with Crippen LogP contribution in [-0.4, -0.2) is 8.76 Å². The topological polar surface area (TPSA) is 46.5 Å². The molecule has 0 saturated heterocycles. The Balaban J connectivity index is 2.22. The van der Waals surface area contributed by atoms with Gasteiger partial charge < -0.3 is 9.29 Å². The molecule has 2 aromatic rings. The molecular weight excluding hydrogens is 224 g/mol. The second-order valence-electron chi connectivity index (χ2n) is 3.14. The Kier molecular flexibility index (Phi) is 3.34. The van der Waals surface area contributed by atoms with E-state index < -0.39 is 11.1 Å². The summed E-state index contributed by atoms with van der Waals surface area (Å²) < 4.78 is 25.3. The first-order valence-corrected chi connectivity index (χ1v) is 5.80. The Hall–Kier alpha value is -1.65. The van der Waals surface area contributed by atoms with Gasteiger partial charge in [0.1, 0.15) is 11.5 Å². The molecule has 0 aliphatic rings. The molecule has 3 nitrogen and oxygen atoms in total. The largest absolute Gasteiger partial charge is 0.457 e. The Morgan fingerprint density at radius 2 is 1.62 bits per heavy atom. The van der Waals surface area contributed by atoms with E-state index in [1.807, 2.05) is 30.3 Å². The second-order valence-corrected chi connectivity index (χ2v) is 4.11. The van der Waals surface area contributed by atoms with E-state index in [-0.39, 0.29) is 0 Å². The SMILES string of the molecule is O=S(O)c1cccc(Oc2ccccc2)c1. The van der Waals surface area contributed by atoms with Crippen molar-refractivity contribution in [2.24, 2.45) is 0 Å². The summed E-state index contributed by atoms with van der Waals surface area (Å²) in [5, 5.41) is 0. The van der Waals surface area contributed by atoms with Crippen LogP contribution in [0, 0.1) is 0 Å². The number of hydrogen-bond acceptors (Lipinski definition) is 2. The van der Waals surface area contributed by atoms with E-state index in [9.17, 15) is 4.21 Å². The Morgan fingerprint density at radius 1 is 0.938 bits per heavy atom. The van der Waals surface area contributed by atoms with Gasteiger partial charge in [0.15, 0.2) is 11.1 Å². The average molecular weight is 234 g/mol. The lowest BCUT2D eigenvalue weighted by molar-refractivity contribution is 0.480. The third kappa shape index (κ3) is 2.68. The lowest BCUT2D eigenvalue weighted by Crippen LogP contribution is -1.89. The first kappa shape index (κ1) is 10.9. The molecule has 0 spiro atoms. The molecule has 1 atom stereocenters. The maximum atomic E-state index is 10.9. The zero-order valence-corrected chi connectivity index (χ0v) is 9.18. The molecule has 1 unspecified atom stereocenters. The molecule has 82 valence electrons. The minimum absolute atomic E-state index is 0.327. The van der Waals surface area contributed by atoms with E-state index in [1.54, 1.807) is 24.3 Å². The van der Waals surface area contributed by atoms with Crippen molar-refractivity contribution in [3.63, 3.8) is 0 Å². The van der Waals surface area contributed by atoms with E-state index in [0.717, 1.165) is 0 Å². The molecule has 0 saturated carbocycles. The van der Waals surface area contributed by atoms with Gasteiger partial charge in [-0.05, 0) is 30.3 Å². The summed E-state index contributed by atoms with van der Waals surface area (Å²) in [6.45, 7) is 0. The molecule has 1 N–H and O–H groups in total. The fourth-order valence-electron chi connectivity index (χ4n) is 1.27. The molecule has 0 amide bonds. The van der Waals surface area contributed by atoms with Gasteiger partial charge in [0.25, 0.3) is 0 Å². The highest BCUT2D eigenvalue weighted by Crippen LogP contribution is 2.22. The van der Waals surface area contributed by atoms with Crippen molar-refractivity contribution in [1.82, 2.24) is 0 Å². The smallest absolute Gasteiger partial charge is 0.186 e. The molecule has 0 aromatic heterocycles. The van der Waals surface area contributed by atoms with Gasteiger partial charge in [-0.25, -0.2) is 4.21 Å². The lowest BCUT2D eigenvalue weighted by Gasteiger charge is -2.05. The highest BCUT2D eigenvalue weighted by Gasteiger charge is 2.02. The van der Waals surface area contributed by atoms with Gasteiger partial charge in [0.05, 0.1) is 4.90 Å². The maximum absolute atomic E-state index is 10.9. The lowest BCUT2D eigenvalue weighted by atomic mass is 10.3. The fourth-order valence-corrected chi connectivity index (χ4v) is 1.68. The summed E-state index contributed by atoms with van der Waals surface area (Å²) in [5.74, 6) is 1.24. The fraction of sp³-hybridized carbons (Fsp3) is 0. The molecule has 0 aliphatic carbocycles. The molecular formula is C12H10O3S. The van der Waals surface area contributed by atoms with Gasteiger partial charge in [-0.1, -0.05) is 24.3 Å². The van der Waals surface area contributed by atoms with E-state index in [0.29, 0.717) is 16.4 Å². The summed E-state index contributed by atoms with van der Waals surface area (Å²) in [5.41, 5.74) is 0. The van der Waals surface area contributed by atoms with Crippen molar-refractivity contribution in [1.29, 1.82) is 0 Å². The third-order valence-electron chi connectivity index (χ3n) is 1.99. The zero-order valence-electron chi connectivity index (χ0n) is 8.37. The molecule has 0 heterocycles. The summed E-state index contributed by atoms with van der Waals surface area (Å²) >= 11 is -1.98. The van der Waals surface area contributed by atoms with Gasteiger partial charge >= 0.3 is 0 Å². The van der Waals surface area contributed by atoms with Crippen LogP contribution < -0.4 is 4.74 Å². The van der Waals surface area contributed by atoms with Crippen LogP contribution in [0.25, 0.3) is 0 Å². The van der Waals surface area contributed by atoms with Crippen molar-refractivity contribution in [2.75, 3.05) is 0 Å². The standard InChI is InChI=1S/C12H10O3S/c13-16(14)12-8-4-7-11(9-12)15-10-5-2-1-3-6-10/h1-9H,(H,13,14). The zero-order chi connectivity index (χ0) is 11.4. The van der Waals surface area contributed by atoms with Crippen LogP contribution in [0.3, 0.4) is 0 Å². The molecule has 0 fully saturated rings. The molecule has 2 aromatic carbocycles. The van der Waals surface area contributed by atoms with Crippen LogP contribution in [0.15, 0.2) is 59.5 Å². The van der Waals surface area contributed by atoms with E-state index >= 15 is 0 Å². The Bertz CT molecular complexity index is 497. The normalized spacial score (nSPS) is 12.1. The molecule has 0 radical (unpaired) electrons. The first-order chi connectivity index (χ1) is 7.75. The predicted molar refractivity (Wildman–Crippen MR) is 62.0 cm³/mol. The highest BCUT2D eigenvalue weighted by molar-refractivity contribution is 7.79. The molecule has 16 heavy (non-hydrogen) atoms. The van der Waals surface area contributed by atoms with Crippen molar-refractivity contribution < 1.29 is 13.5 Å². The van der Waals surface area contributed by atoms with Crippen LogP contribution in [-0.2, 0) is 11.1 Å². The minimum Gasteiger partial charge on any atom is -0.457 e. The van der Waals surface area contributed by atoms with Crippen LogP contribution in [0.2, 0.25) is 0 Å². The van der Waals surface area contributed by atoms with Crippen molar-refractivity contribution in [3.8, 4) is 11.5 Å². The van der Waals surface area contributed by atoms with E-state index in [1.165, 1.54) is 0 Å².